The van der Waals surface area contributed by atoms with Crippen LogP contribution in [0.25, 0.3) is 0 Å². The average Bonchev–Trinajstić information content (AvgIpc) is 2.62. The highest BCUT2D eigenvalue weighted by Gasteiger charge is 2.12. The average molecular weight is 176 g/mol. The van der Waals surface area contributed by atoms with Gasteiger partial charge in [0.1, 0.15) is 0 Å². The fourth-order valence-corrected chi connectivity index (χ4v) is 1.93. The first-order valence-electron chi connectivity index (χ1n) is 4.92. The normalized spacial score (nSPS) is 14.5. The molecule has 0 unspecified atom stereocenters. The van der Waals surface area contributed by atoms with Crippen LogP contribution in [0.3, 0.4) is 0 Å². The summed E-state index contributed by atoms with van der Waals surface area (Å²) in [6.07, 6.45) is 2.22. The first kappa shape index (κ1) is 8.73. The van der Waals surface area contributed by atoms with Gasteiger partial charge in [0.2, 0.25) is 0 Å². The third-order valence-electron chi connectivity index (χ3n) is 2.64. The molecule has 0 aliphatic carbocycles. The summed E-state index contributed by atoms with van der Waals surface area (Å²) < 4.78 is 0. The van der Waals surface area contributed by atoms with E-state index in [4.69, 9.17) is 5.73 Å². The van der Waals surface area contributed by atoms with Gasteiger partial charge in [0.25, 0.3) is 0 Å². The molecule has 3 N–H and O–H groups in total. The van der Waals surface area contributed by atoms with Crippen LogP contribution in [0.4, 0.5) is 0 Å². The molecule has 0 spiro atoms. The Balaban J connectivity index is 2.20. The third kappa shape index (κ3) is 1.74. The van der Waals surface area contributed by atoms with Crippen LogP contribution in [-0.2, 0) is 19.5 Å². The number of fused-ring (bicyclic) bond motifs is 1. The van der Waals surface area contributed by atoms with Crippen molar-refractivity contribution in [1.82, 2.24) is 5.32 Å². The molecule has 0 saturated carbocycles. The molecule has 70 valence electrons. The van der Waals surface area contributed by atoms with Gasteiger partial charge in [-0.25, -0.2) is 0 Å². The van der Waals surface area contributed by atoms with E-state index >= 15 is 0 Å². The topological polar surface area (TPSA) is 38.0 Å². The van der Waals surface area contributed by atoms with E-state index in [0.29, 0.717) is 0 Å². The van der Waals surface area contributed by atoms with E-state index in [1.807, 2.05) is 0 Å². The van der Waals surface area contributed by atoms with E-state index in [1.54, 1.807) is 0 Å². The highest BCUT2D eigenvalue weighted by atomic mass is 14.9. The summed E-state index contributed by atoms with van der Waals surface area (Å²) in [6.45, 7) is 2.86. The Morgan fingerprint density at radius 2 is 2.23 bits per heavy atom. The van der Waals surface area contributed by atoms with E-state index in [2.05, 4.69) is 23.5 Å². The lowest BCUT2D eigenvalue weighted by Crippen LogP contribution is -2.03. The largest absolute Gasteiger partial charge is 0.330 e. The Labute approximate surface area is 79.1 Å². The summed E-state index contributed by atoms with van der Waals surface area (Å²) in [7, 11) is 0. The zero-order valence-electron chi connectivity index (χ0n) is 7.84. The number of hydrogen-bond donors (Lipinski definition) is 2. The number of nitrogens with two attached hydrogens (primary N) is 1. The van der Waals surface area contributed by atoms with Crippen molar-refractivity contribution in [2.45, 2.75) is 25.9 Å². The third-order valence-corrected chi connectivity index (χ3v) is 2.64. The lowest BCUT2D eigenvalue weighted by molar-refractivity contribution is 0.756. The van der Waals surface area contributed by atoms with Crippen molar-refractivity contribution in [3.05, 3.63) is 34.9 Å². The number of nitrogens with one attached hydrogen (secondary N) is 1. The lowest BCUT2D eigenvalue weighted by atomic mass is 10.00. The number of hydrogen-bond acceptors (Lipinski definition) is 2. The zero-order chi connectivity index (χ0) is 9.10. The van der Waals surface area contributed by atoms with Gasteiger partial charge < -0.3 is 11.1 Å². The van der Waals surface area contributed by atoms with E-state index < -0.39 is 0 Å². The maximum absolute atomic E-state index is 5.51. The minimum Gasteiger partial charge on any atom is -0.330 e. The number of rotatable bonds is 3. The predicted molar refractivity (Wildman–Crippen MR) is 54.4 cm³/mol. The summed E-state index contributed by atoms with van der Waals surface area (Å²) in [5.74, 6) is 0. The van der Waals surface area contributed by atoms with Gasteiger partial charge in [-0.3, -0.25) is 0 Å². The molecule has 1 aliphatic heterocycles. The van der Waals surface area contributed by atoms with Crippen molar-refractivity contribution >= 4 is 0 Å². The summed E-state index contributed by atoms with van der Waals surface area (Å²) in [6, 6.07) is 6.58. The Kier molecular flexibility index (Phi) is 2.62. The fourth-order valence-electron chi connectivity index (χ4n) is 1.93. The molecule has 0 fully saturated rings. The van der Waals surface area contributed by atoms with E-state index in [1.165, 1.54) is 16.7 Å². The van der Waals surface area contributed by atoms with Crippen molar-refractivity contribution in [3.63, 3.8) is 0 Å². The van der Waals surface area contributed by atoms with E-state index in [9.17, 15) is 0 Å². The van der Waals surface area contributed by atoms with Gasteiger partial charge in [0, 0.05) is 13.1 Å². The van der Waals surface area contributed by atoms with Crippen molar-refractivity contribution in [1.29, 1.82) is 0 Å². The van der Waals surface area contributed by atoms with Gasteiger partial charge in [0.15, 0.2) is 0 Å². The minimum absolute atomic E-state index is 0.789. The molecular weight excluding hydrogens is 160 g/mol. The zero-order valence-corrected chi connectivity index (χ0v) is 7.84. The van der Waals surface area contributed by atoms with Crippen LogP contribution in [0.1, 0.15) is 23.1 Å². The Bertz CT molecular complexity index is 294. The molecule has 13 heavy (non-hydrogen) atoms. The van der Waals surface area contributed by atoms with Crippen molar-refractivity contribution in [2.24, 2.45) is 5.73 Å². The molecule has 2 nitrogen and oxygen atoms in total. The Morgan fingerprint density at radius 1 is 1.31 bits per heavy atom. The molecule has 0 atom stereocenters. The summed E-state index contributed by atoms with van der Waals surface area (Å²) in [4.78, 5) is 0. The molecule has 0 radical (unpaired) electrons. The minimum atomic E-state index is 0.789. The van der Waals surface area contributed by atoms with Gasteiger partial charge in [-0.15, -0.1) is 0 Å². The summed E-state index contributed by atoms with van der Waals surface area (Å²) in [5.41, 5.74) is 9.96. The second-order valence-corrected chi connectivity index (χ2v) is 3.55. The molecule has 1 aliphatic rings. The molecule has 2 heteroatoms. The lowest BCUT2D eigenvalue weighted by Gasteiger charge is -2.06. The molecule has 0 bridgehead atoms. The van der Waals surface area contributed by atoms with Crippen LogP contribution in [0.2, 0.25) is 0 Å². The number of aryl methyl sites for hydroxylation is 1. The summed E-state index contributed by atoms with van der Waals surface area (Å²) >= 11 is 0. The Hall–Kier alpha value is -0.860. The van der Waals surface area contributed by atoms with Crippen LogP contribution < -0.4 is 11.1 Å². The van der Waals surface area contributed by atoms with Crippen LogP contribution in [0.15, 0.2) is 18.2 Å². The molecule has 0 aromatic heterocycles. The van der Waals surface area contributed by atoms with Gasteiger partial charge in [0.05, 0.1) is 0 Å². The number of benzene rings is 1. The molecule has 0 saturated heterocycles. The SMILES string of the molecule is NCCCc1cccc2c1CNC2. The van der Waals surface area contributed by atoms with E-state index in [-0.39, 0.29) is 0 Å². The summed E-state index contributed by atoms with van der Waals surface area (Å²) in [5, 5.41) is 3.37. The van der Waals surface area contributed by atoms with Crippen LogP contribution in [0.5, 0.6) is 0 Å². The van der Waals surface area contributed by atoms with Crippen molar-refractivity contribution in [3.8, 4) is 0 Å². The molecule has 0 amide bonds. The molecule has 2 rings (SSSR count). The van der Waals surface area contributed by atoms with Gasteiger partial charge in [-0.2, -0.15) is 0 Å². The van der Waals surface area contributed by atoms with Crippen molar-refractivity contribution in [2.75, 3.05) is 6.54 Å². The van der Waals surface area contributed by atoms with Gasteiger partial charge >= 0.3 is 0 Å². The first-order valence-corrected chi connectivity index (χ1v) is 4.92. The molecular formula is C11H16N2. The van der Waals surface area contributed by atoms with Gasteiger partial charge in [-0.05, 0) is 36.1 Å². The quantitative estimate of drug-likeness (QED) is 0.725. The Morgan fingerprint density at radius 3 is 3.08 bits per heavy atom. The van der Waals surface area contributed by atoms with Crippen LogP contribution >= 0.6 is 0 Å². The molecule has 1 aromatic carbocycles. The maximum atomic E-state index is 5.51. The monoisotopic (exact) mass is 176 g/mol. The van der Waals surface area contributed by atoms with Crippen LogP contribution in [-0.4, -0.2) is 6.54 Å². The first-order chi connectivity index (χ1) is 6.42. The van der Waals surface area contributed by atoms with Crippen molar-refractivity contribution < 1.29 is 0 Å². The maximum Gasteiger partial charge on any atom is 0.0214 e. The second kappa shape index (κ2) is 3.90. The van der Waals surface area contributed by atoms with Crippen LogP contribution in [0, 0.1) is 0 Å². The van der Waals surface area contributed by atoms with E-state index in [0.717, 1.165) is 32.5 Å². The smallest absolute Gasteiger partial charge is 0.0214 e. The highest BCUT2D eigenvalue weighted by Crippen LogP contribution is 2.20. The van der Waals surface area contributed by atoms with Gasteiger partial charge in [-0.1, -0.05) is 18.2 Å². The fraction of sp³-hybridized carbons (Fsp3) is 0.455. The second-order valence-electron chi connectivity index (χ2n) is 3.55. The molecule has 1 heterocycles. The standard InChI is InChI=1S/C11H16N2/c12-6-2-5-9-3-1-4-10-7-13-8-11(9)10/h1,3-4,13H,2,5-8,12H2. The highest BCUT2D eigenvalue weighted by molar-refractivity contribution is 5.37. The predicted octanol–water partition coefficient (Wildman–Crippen LogP) is 1.18. The molecule has 1 aromatic rings.